The molecule has 0 aromatic heterocycles. The Morgan fingerprint density at radius 1 is 1.33 bits per heavy atom. The standard InChI is InChI=1S/C6H5NO6S.Na/c8-6-2-1-4(14(11,12)13)3-5(6)7(9)10;/h1-3,8H,(H,11,12,13);/q;+1. The molecule has 0 saturated heterocycles. The van der Waals surface area contributed by atoms with Gasteiger partial charge in [0.15, 0.2) is 5.75 Å². The van der Waals surface area contributed by atoms with Gasteiger partial charge in [-0.2, -0.15) is 8.42 Å². The smallest absolute Gasteiger partial charge is 0.502 e. The summed E-state index contributed by atoms with van der Waals surface area (Å²) in [5.74, 6) is -0.664. The van der Waals surface area contributed by atoms with Crippen molar-refractivity contribution in [3.63, 3.8) is 0 Å². The van der Waals surface area contributed by atoms with Crippen LogP contribution in [0.2, 0.25) is 0 Å². The Morgan fingerprint density at radius 2 is 1.87 bits per heavy atom. The molecule has 76 valence electrons. The van der Waals surface area contributed by atoms with Crippen molar-refractivity contribution in [2.75, 3.05) is 0 Å². The summed E-state index contributed by atoms with van der Waals surface area (Å²) in [5, 5.41) is 19.2. The number of benzene rings is 1. The molecule has 0 spiro atoms. The number of nitrogens with zero attached hydrogens (tertiary/aromatic N) is 1. The molecule has 0 aliphatic rings. The zero-order valence-electron chi connectivity index (χ0n) is 7.61. The van der Waals surface area contributed by atoms with Crippen molar-refractivity contribution in [3.05, 3.63) is 28.3 Å². The van der Waals surface area contributed by atoms with Crippen LogP contribution in [0.25, 0.3) is 0 Å². The molecular weight excluding hydrogens is 237 g/mol. The summed E-state index contributed by atoms with van der Waals surface area (Å²) >= 11 is 0. The Hall–Kier alpha value is -0.670. The second-order valence-corrected chi connectivity index (χ2v) is 3.80. The van der Waals surface area contributed by atoms with Gasteiger partial charge in [-0.25, -0.2) is 0 Å². The number of phenols is 1. The van der Waals surface area contributed by atoms with Gasteiger partial charge >= 0.3 is 35.2 Å². The second-order valence-electron chi connectivity index (χ2n) is 2.38. The first-order valence-electron chi connectivity index (χ1n) is 3.27. The third-order valence-electron chi connectivity index (χ3n) is 1.44. The molecule has 0 radical (unpaired) electrons. The summed E-state index contributed by atoms with van der Waals surface area (Å²) in [6.45, 7) is 0. The van der Waals surface area contributed by atoms with Crippen molar-refractivity contribution in [2.45, 2.75) is 4.90 Å². The minimum atomic E-state index is -4.49. The molecule has 1 rings (SSSR count). The summed E-state index contributed by atoms with van der Waals surface area (Å²) in [6.07, 6.45) is 0. The van der Waals surface area contributed by atoms with E-state index in [-0.39, 0.29) is 29.6 Å². The number of nitro benzene ring substituents is 1. The molecular formula is C6H5NNaO6S+. The Kier molecular flexibility index (Phi) is 4.68. The Balaban J connectivity index is 0.00000196. The van der Waals surface area contributed by atoms with E-state index in [0.717, 1.165) is 12.1 Å². The van der Waals surface area contributed by atoms with E-state index >= 15 is 0 Å². The first-order valence-corrected chi connectivity index (χ1v) is 4.71. The normalized spacial score (nSPS) is 10.5. The summed E-state index contributed by atoms with van der Waals surface area (Å²) in [6, 6.07) is 2.25. The Bertz CT molecular complexity index is 484. The average Bonchev–Trinajstić information content (AvgIpc) is 2.02. The number of aromatic hydroxyl groups is 1. The van der Waals surface area contributed by atoms with Gasteiger partial charge in [-0.05, 0) is 12.1 Å². The van der Waals surface area contributed by atoms with E-state index in [2.05, 4.69) is 0 Å². The quantitative estimate of drug-likeness (QED) is 0.257. The van der Waals surface area contributed by atoms with E-state index in [1.165, 1.54) is 0 Å². The SMILES string of the molecule is O=[N+]([O-])c1cc(S(=O)(=O)O)ccc1O.[Na+]. The van der Waals surface area contributed by atoms with Gasteiger partial charge in [0.2, 0.25) is 0 Å². The van der Waals surface area contributed by atoms with Crippen LogP contribution in [0.5, 0.6) is 5.75 Å². The van der Waals surface area contributed by atoms with E-state index in [1.54, 1.807) is 0 Å². The van der Waals surface area contributed by atoms with Gasteiger partial charge in [-0.3, -0.25) is 14.7 Å². The largest absolute Gasteiger partial charge is 1.00 e. The molecule has 0 amide bonds. The predicted molar refractivity (Wildman–Crippen MR) is 44.6 cm³/mol. The zero-order chi connectivity index (χ0) is 10.9. The van der Waals surface area contributed by atoms with Crippen molar-refractivity contribution < 1.29 is 52.6 Å². The Morgan fingerprint density at radius 3 is 2.27 bits per heavy atom. The van der Waals surface area contributed by atoms with Gasteiger partial charge in [-0.1, -0.05) is 0 Å². The predicted octanol–water partition coefficient (Wildman–Crippen LogP) is -2.45. The third kappa shape index (κ3) is 3.43. The van der Waals surface area contributed by atoms with E-state index in [0.29, 0.717) is 6.07 Å². The zero-order valence-corrected chi connectivity index (χ0v) is 10.4. The number of rotatable bonds is 2. The van der Waals surface area contributed by atoms with Gasteiger partial charge < -0.3 is 5.11 Å². The topological polar surface area (TPSA) is 118 Å². The van der Waals surface area contributed by atoms with Crippen LogP contribution < -0.4 is 29.6 Å². The van der Waals surface area contributed by atoms with Gasteiger partial charge in [0.1, 0.15) is 4.90 Å². The van der Waals surface area contributed by atoms with Crippen molar-refractivity contribution in [2.24, 2.45) is 0 Å². The first kappa shape index (κ1) is 14.3. The number of phenolic OH excluding ortho intramolecular Hbond substituents is 1. The van der Waals surface area contributed by atoms with Gasteiger partial charge in [0, 0.05) is 6.07 Å². The number of hydrogen-bond acceptors (Lipinski definition) is 5. The fraction of sp³-hybridized carbons (Fsp3) is 0. The molecule has 0 fully saturated rings. The summed E-state index contributed by atoms with van der Waals surface area (Å²) in [5.41, 5.74) is -0.778. The average molecular weight is 242 g/mol. The van der Waals surface area contributed by atoms with Crippen LogP contribution in [-0.2, 0) is 10.1 Å². The molecule has 0 atom stereocenters. The minimum Gasteiger partial charge on any atom is -0.502 e. The maximum atomic E-state index is 10.6. The summed E-state index contributed by atoms with van der Waals surface area (Å²) in [4.78, 5) is 8.68. The van der Waals surface area contributed by atoms with Crippen LogP contribution in [0.1, 0.15) is 0 Å². The molecule has 9 heteroatoms. The number of nitro groups is 1. The van der Waals surface area contributed by atoms with E-state index in [9.17, 15) is 18.5 Å². The summed E-state index contributed by atoms with van der Waals surface area (Å²) in [7, 11) is -4.49. The monoisotopic (exact) mass is 242 g/mol. The minimum absolute atomic E-state index is 0. The molecule has 2 N–H and O–H groups in total. The van der Waals surface area contributed by atoms with Crippen molar-refractivity contribution in [1.82, 2.24) is 0 Å². The molecule has 0 bridgehead atoms. The molecule has 1 aromatic carbocycles. The van der Waals surface area contributed by atoms with Crippen LogP contribution in [0.3, 0.4) is 0 Å². The maximum Gasteiger partial charge on any atom is 1.00 e. The van der Waals surface area contributed by atoms with Crippen LogP contribution in [0.15, 0.2) is 23.1 Å². The fourth-order valence-corrected chi connectivity index (χ4v) is 1.31. The van der Waals surface area contributed by atoms with Crippen molar-refractivity contribution in [1.29, 1.82) is 0 Å². The second kappa shape index (κ2) is 4.90. The van der Waals surface area contributed by atoms with E-state index in [1.807, 2.05) is 0 Å². The van der Waals surface area contributed by atoms with E-state index in [4.69, 9.17) is 9.66 Å². The molecule has 0 saturated carbocycles. The molecule has 0 heterocycles. The molecule has 1 aromatic rings. The van der Waals surface area contributed by atoms with Gasteiger partial charge in [0.05, 0.1) is 4.92 Å². The third-order valence-corrected chi connectivity index (χ3v) is 2.29. The van der Waals surface area contributed by atoms with Crippen molar-refractivity contribution >= 4 is 15.8 Å². The summed E-state index contributed by atoms with van der Waals surface area (Å²) < 4.78 is 29.7. The Labute approximate surface area is 107 Å². The maximum absolute atomic E-state index is 10.6. The number of hydrogen-bond donors (Lipinski definition) is 2. The molecule has 15 heavy (non-hydrogen) atoms. The van der Waals surface area contributed by atoms with Crippen molar-refractivity contribution in [3.8, 4) is 5.75 Å². The fourth-order valence-electron chi connectivity index (χ4n) is 0.810. The van der Waals surface area contributed by atoms with Gasteiger partial charge in [0.25, 0.3) is 10.1 Å². The van der Waals surface area contributed by atoms with Crippen LogP contribution in [-0.4, -0.2) is 23.0 Å². The van der Waals surface area contributed by atoms with E-state index < -0.39 is 31.4 Å². The van der Waals surface area contributed by atoms with Crippen LogP contribution in [0, 0.1) is 10.1 Å². The molecule has 0 aliphatic heterocycles. The van der Waals surface area contributed by atoms with Gasteiger partial charge in [-0.15, -0.1) is 0 Å². The molecule has 0 unspecified atom stereocenters. The molecule has 7 nitrogen and oxygen atoms in total. The van der Waals surface area contributed by atoms with Crippen LogP contribution >= 0.6 is 0 Å². The first-order chi connectivity index (χ1) is 6.32. The van der Waals surface area contributed by atoms with Crippen LogP contribution in [0.4, 0.5) is 5.69 Å². The molecule has 0 aliphatic carbocycles.